The van der Waals surface area contributed by atoms with Crippen LogP contribution >= 0.6 is 11.3 Å². The van der Waals surface area contributed by atoms with E-state index in [-0.39, 0.29) is 23.3 Å². The zero-order valence-electron chi connectivity index (χ0n) is 19.1. The van der Waals surface area contributed by atoms with E-state index in [1.807, 2.05) is 0 Å². The summed E-state index contributed by atoms with van der Waals surface area (Å²) in [6, 6.07) is 8.66. The molecule has 0 aliphatic rings. The van der Waals surface area contributed by atoms with Gasteiger partial charge in [-0.3, -0.25) is 9.52 Å². The Balaban J connectivity index is 1.55. The third-order valence-electron chi connectivity index (χ3n) is 5.42. The molecule has 0 aliphatic carbocycles. The molecule has 0 fully saturated rings. The van der Waals surface area contributed by atoms with Crippen molar-refractivity contribution in [2.24, 2.45) is 0 Å². The molecule has 1 amide bonds. The largest absolute Gasteiger partial charge is 0.497 e. The molecule has 36 heavy (non-hydrogen) atoms. The zero-order chi connectivity index (χ0) is 26.0. The van der Waals surface area contributed by atoms with Crippen LogP contribution < -0.4 is 20.5 Å². The first-order chi connectivity index (χ1) is 17.1. The van der Waals surface area contributed by atoms with Gasteiger partial charge in [0.25, 0.3) is 5.91 Å². The maximum absolute atomic E-state index is 15.2. The van der Waals surface area contributed by atoms with Crippen LogP contribution in [0.2, 0.25) is 0 Å². The second-order valence-electron chi connectivity index (χ2n) is 7.83. The molecule has 2 heterocycles. The lowest BCUT2D eigenvalue weighted by Crippen LogP contribution is -2.28. The smallest absolute Gasteiger partial charge is 0.258 e. The van der Waals surface area contributed by atoms with Crippen molar-refractivity contribution in [3.8, 4) is 5.75 Å². The summed E-state index contributed by atoms with van der Waals surface area (Å²) < 4.78 is 63.1. The average Bonchev–Trinajstić information content (AvgIpc) is 3.29. The van der Waals surface area contributed by atoms with E-state index in [1.54, 1.807) is 24.3 Å². The van der Waals surface area contributed by atoms with Gasteiger partial charge in [-0.2, -0.15) is 0 Å². The lowest BCUT2D eigenvalue weighted by atomic mass is 10.1. The fraction of sp³-hybridized carbons (Fsp3) is 0.174. The number of anilines is 3. The number of nitrogens with zero attached hydrogens (tertiary/aromatic N) is 2. The second-order valence-corrected chi connectivity index (χ2v) is 10.8. The van der Waals surface area contributed by atoms with Crippen molar-refractivity contribution in [3.63, 3.8) is 0 Å². The third kappa shape index (κ3) is 5.06. The Morgan fingerprint density at radius 1 is 1.17 bits per heavy atom. The van der Waals surface area contributed by atoms with Gasteiger partial charge in [0, 0.05) is 5.38 Å². The van der Waals surface area contributed by atoms with E-state index in [1.165, 1.54) is 25.7 Å². The minimum atomic E-state index is -4.07. The lowest BCUT2D eigenvalue weighted by Gasteiger charge is -2.17. The van der Waals surface area contributed by atoms with E-state index in [4.69, 9.17) is 10.5 Å². The molecule has 0 saturated carbocycles. The van der Waals surface area contributed by atoms with Crippen molar-refractivity contribution in [1.82, 2.24) is 9.97 Å². The SMILES string of the molecule is COc1ccc(CC(C)S(=O)(=O)Nc2ccc(F)c(NC(=O)c3csc4c(N)ncnc34)c2F)cc1. The summed E-state index contributed by atoms with van der Waals surface area (Å²) in [6.07, 6.45) is 1.31. The standard InChI is InChI=1S/C23H21F2N5O4S2/c1-12(9-13-3-5-14(34-2)6-4-13)36(32,33)30-17-8-7-16(24)20(18(17)25)29-23(31)15-10-35-21-19(15)27-11-28-22(21)26/h3-8,10-12,30H,9H2,1-2H3,(H,29,31)(H2,26,27,28). The Morgan fingerprint density at radius 3 is 2.58 bits per heavy atom. The van der Waals surface area contributed by atoms with Gasteiger partial charge < -0.3 is 15.8 Å². The quantitative estimate of drug-likeness (QED) is 0.309. The van der Waals surface area contributed by atoms with Crippen molar-refractivity contribution >= 4 is 54.7 Å². The highest BCUT2D eigenvalue weighted by atomic mass is 32.2. The van der Waals surface area contributed by atoms with Crippen molar-refractivity contribution in [2.45, 2.75) is 18.6 Å². The van der Waals surface area contributed by atoms with Crippen LogP contribution in [-0.4, -0.2) is 36.7 Å². The Kier molecular flexibility index (Phi) is 7.04. The number of ether oxygens (including phenoxy) is 1. The van der Waals surface area contributed by atoms with E-state index in [9.17, 15) is 17.6 Å². The van der Waals surface area contributed by atoms with Gasteiger partial charge in [0.1, 0.15) is 29.4 Å². The highest BCUT2D eigenvalue weighted by Crippen LogP contribution is 2.31. The van der Waals surface area contributed by atoms with Crippen LogP contribution in [0.3, 0.4) is 0 Å². The van der Waals surface area contributed by atoms with Gasteiger partial charge in [-0.15, -0.1) is 11.3 Å². The molecule has 2 aromatic carbocycles. The predicted octanol–water partition coefficient (Wildman–Crippen LogP) is 4.19. The molecule has 9 nitrogen and oxygen atoms in total. The fourth-order valence-corrected chi connectivity index (χ4v) is 5.39. The number of halogens is 2. The van der Waals surface area contributed by atoms with Crippen LogP contribution in [0.25, 0.3) is 10.2 Å². The lowest BCUT2D eigenvalue weighted by molar-refractivity contribution is 0.102. The zero-order valence-corrected chi connectivity index (χ0v) is 20.7. The summed E-state index contributed by atoms with van der Waals surface area (Å²) in [4.78, 5) is 20.6. The molecule has 4 aromatic rings. The first-order valence-corrected chi connectivity index (χ1v) is 12.9. The summed E-state index contributed by atoms with van der Waals surface area (Å²) in [5.41, 5.74) is 5.47. The van der Waals surface area contributed by atoms with Crippen LogP contribution in [-0.2, 0) is 16.4 Å². The summed E-state index contributed by atoms with van der Waals surface area (Å²) in [5, 5.41) is 2.66. The molecular formula is C23H21F2N5O4S2. The van der Waals surface area contributed by atoms with Gasteiger partial charge in [-0.1, -0.05) is 12.1 Å². The number of fused-ring (bicyclic) bond motifs is 1. The normalized spacial score (nSPS) is 12.3. The van der Waals surface area contributed by atoms with Crippen LogP contribution in [0.1, 0.15) is 22.8 Å². The number of nitrogens with two attached hydrogens (primary N) is 1. The molecule has 4 rings (SSSR count). The molecule has 188 valence electrons. The van der Waals surface area contributed by atoms with E-state index in [0.717, 1.165) is 29.0 Å². The van der Waals surface area contributed by atoms with Gasteiger partial charge in [0.2, 0.25) is 10.0 Å². The summed E-state index contributed by atoms with van der Waals surface area (Å²) in [6.45, 7) is 1.46. The minimum Gasteiger partial charge on any atom is -0.497 e. The topological polar surface area (TPSA) is 136 Å². The molecule has 13 heteroatoms. The number of benzene rings is 2. The van der Waals surface area contributed by atoms with Crippen molar-refractivity contribution in [1.29, 1.82) is 0 Å². The molecule has 0 radical (unpaired) electrons. The van der Waals surface area contributed by atoms with Crippen LogP contribution in [0.15, 0.2) is 48.1 Å². The summed E-state index contributed by atoms with van der Waals surface area (Å²) >= 11 is 1.11. The highest BCUT2D eigenvalue weighted by molar-refractivity contribution is 7.93. The number of hydrogen-bond acceptors (Lipinski definition) is 8. The van der Waals surface area contributed by atoms with Crippen LogP contribution in [0.4, 0.5) is 26.0 Å². The summed E-state index contributed by atoms with van der Waals surface area (Å²) in [5.74, 6) is -2.39. The Bertz CT molecular complexity index is 1540. The summed E-state index contributed by atoms with van der Waals surface area (Å²) in [7, 11) is -2.55. The molecule has 0 aliphatic heterocycles. The monoisotopic (exact) mass is 533 g/mol. The van der Waals surface area contributed by atoms with Gasteiger partial charge in [-0.05, 0) is 43.2 Å². The Labute approximate surface area is 209 Å². The highest BCUT2D eigenvalue weighted by Gasteiger charge is 2.25. The Morgan fingerprint density at radius 2 is 1.89 bits per heavy atom. The molecule has 1 atom stereocenters. The molecular weight excluding hydrogens is 512 g/mol. The van der Waals surface area contributed by atoms with Crippen LogP contribution in [0.5, 0.6) is 5.75 Å². The van der Waals surface area contributed by atoms with Gasteiger partial charge in [0.15, 0.2) is 5.82 Å². The van der Waals surface area contributed by atoms with E-state index in [2.05, 4.69) is 20.0 Å². The van der Waals surface area contributed by atoms with E-state index in [0.29, 0.717) is 10.4 Å². The fourth-order valence-electron chi connectivity index (χ4n) is 3.41. The third-order valence-corrected chi connectivity index (χ3v) is 8.14. The molecule has 1 unspecified atom stereocenters. The molecule has 4 N–H and O–H groups in total. The number of rotatable bonds is 8. The maximum Gasteiger partial charge on any atom is 0.258 e. The maximum atomic E-state index is 15.2. The first kappa shape index (κ1) is 25.3. The predicted molar refractivity (Wildman–Crippen MR) is 135 cm³/mol. The van der Waals surface area contributed by atoms with E-state index >= 15 is 4.39 Å². The number of sulfonamides is 1. The molecule has 0 bridgehead atoms. The van der Waals surface area contributed by atoms with Crippen LogP contribution in [0, 0.1) is 11.6 Å². The minimum absolute atomic E-state index is 0.0435. The number of carbonyl (C=O) groups excluding carboxylic acids is 1. The number of thiophene rings is 1. The molecule has 0 saturated heterocycles. The van der Waals surface area contributed by atoms with Crippen molar-refractivity contribution in [3.05, 3.63) is 70.9 Å². The van der Waals surface area contributed by atoms with Crippen molar-refractivity contribution in [2.75, 3.05) is 22.9 Å². The molecule has 2 aromatic heterocycles. The average molecular weight is 534 g/mol. The number of nitrogens with one attached hydrogen (secondary N) is 2. The first-order valence-electron chi connectivity index (χ1n) is 10.5. The van der Waals surface area contributed by atoms with Gasteiger partial charge >= 0.3 is 0 Å². The van der Waals surface area contributed by atoms with Gasteiger partial charge in [0.05, 0.1) is 33.8 Å². The second kappa shape index (κ2) is 10.0. The number of carbonyl (C=O) groups is 1. The van der Waals surface area contributed by atoms with Crippen molar-refractivity contribution < 1.29 is 26.7 Å². The van der Waals surface area contributed by atoms with E-state index < -0.39 is 44.2 Å². The Hall–Kier alpha value is -3.84. The number of amides is 1. The number of nitrogen functional groups attached to an aromatic ring is 1. The number of aromatic nitrogens is 2. The molecule has 0 spiro atoms. The van der Waals surface area contributed by atoms with Gasteiger partial charge in [-0.25, -0.2) is 27.2 Å². The number of methoxy groups -OCH3 is 1. The number of hydrogen-bond donors (Lipinski definition) is 3.